The van der Waals surface area contributed by atoms with Crippen LogP contribution < -0.4 is 15.4 Å². The molecule has 1 aliphatic heterocycles. The molecule has 1 aromatic rings. The first kappa shape index (κ1) is 15.1. The van der Waals surface area contributed by atoms with Crippen LogP contribution in [0.1, 0.15) is 6.42 Å². The zero-order valence-corrected chi connectivity index (χ0v) is 11.9. The highest BCUT2D eigenvalue weighted by Crippen LogP contribution is 2.35. The first-order valence-electron chi connectivity index (χ1n) is 5.86. The van der Waals surface area contributed by atoms with Gasteiger partial charge in [-0.15, -0.1) is 13.2 Å². The summed E-state index contributed by atoms with van der Waals surface area (Å²) >= 11 is 3.23. The Labute approximate surface area is 121 Å². The Morgan fingerprint density at radius 1 is 1.45 bits per heavy atom. The average molecular weight is 353 g/mol. The summed E-state index contributed by atoms with van der Waals surface area (Å²) in [6, 6.07) is 3.79. The molecule has 4 nitrogen and oxygen atoms in total. The normalized spacial score (nSPS) is 19.6. The zero-order chi connectivity index (χ0) is 14.9. The zero-order valence-electron chi connectivity index (χ0n) is 10.3. The van der Waals surface area contributed by atoms with Crippen molar-refractivity contribution in [1.29, 1.82) is 0 Å². The second-order valence-electron chi connectivity index (χ2n) is 4.47. The molecule has 1 aliphatic rings. The number of carbonyl (C=O) groups excluding carboxylic acids is 1. The van der Waals surface area contributed by atoms with Crippen LogP contribution in [0.2, 0.25) is 0 Å². The quantitative estimate of drug-likeness (QED) is 0.909. The Kier molecular flexibility index (Phi) is 4.24. The monoisotopic (exact) mass is 352 g/mol. The fourth-order valence-electron chi connectivity index (χ4n) is 2.07. The van der Waals surface area contributed by atoms with Gasteiger partial charge in [-0.3, -0.25) is 4.79 Å². The van der Waals surface area contributed by atoms with Crippen LogP contribution in [-0.2, 0) is 4.79 Å². The Hall–Kier alpha value is -1.28. The van der Waals surface area contributed by atoms with E-state index >= 15 is 0 Å². The smallest absolute Gasteiger partial charge is 0.406 e. The van der Waals surface area contributed by atoms with Gasteiger partial charge in [0.25, 0.3) is 0 Å². The lowest BCUT2D eigenvalue weighted by Crippen LogP contribution is -2.26. The number of benzene rings is 1. The van der Waals surface area contributed by atoms with Crippen LogP contribution in [-0.4, -0.2) is 25.4 Å². The lowest BCUT2D eigenvalue weighted by Gasteiger charge is -2.19. The summed E-state index contributed by atoms with van der Waals surface area (Å²) in [5.41, 5.74) is 5.88. The van der Waals surface area contributed by atoms with E-state index in [0.717, 1.165) is 0 Å². The van der Waals surface area contributed by atoms with Crippen LogP contribution >= 0.6 is 15.9 Å². The molecule has 2 rings (SSSR count). The molecule has 20 heavy (non-hydrogen) atoms. The van der Waals surface area contributed by atoms with Gasteiger partial charge in [0, 0.05) is 23.5 Å². The van der Waals surface area contributed by atoms with Gasteiger partial charge in [0.2, 0.25) is 5.91 Å². The van der Waals surface area contributed by atoms with Gasteiger partial charge in [-0.05, 0) is 40.5 Å². The molecule has 1 fully saturated rings. The standard InChI is InChI=1S/C12H12BrF3N2O2/c13-9-2-1-8(20-12(14,15)16)4-10(9)18-6-7(5-17)3-11(18)19/h1-2,4,7H,3,5-6,17H2. The largest absolute Gasteiger partial charge is 0.573 e. The van der Waals surface area contributed by atoms with Crippen LogP contribution in [0.3, 0.4) is 0 Å². The van der Waals surface area contributed by atoms with Gasteiger partial charge in [-0.25, -0.2) is 0 Å². The molecule has 0 aliphatic carbocycles. The van der Waals surface area contributed by atoms with Gasteiger partial charge in [0.15, 0.2) is 0 Å². The fourth-order valence-corrected chi connectivity index (χ4v) is 2.53. The number of rotatable bonds is 3. The molecular weight excluding hydrogens is 341 g/mol. The number of amides is 1. The van der Waals surface area contributed by atoms with Crippen molar-refractivity contribution < 1.29 is 22.7 Å². The van der Waals surface area contributed by atoms with Crippen molar-refractivity contribution in [3.05, 3.63) is 22.7 Å². The highest BCUT2D eigenvalue weighted by molar-refractivity contribution is 9.10. The third kappa shape index (κ3) is 3.43. The Morgan fingerprint density at radius 2 is 2.15 bits per heavy atom. The number of halogens is 4. The summed E-state index contributed by atoms with van der Waals surface area (Å²) in [5.74, 6) is -0.508. The summed E-state index contributed by atoms with van der Waals surface area (Å²) in [6.45, 7) is 0.752. The minimum Gasteiger partial charge on any atom is -0.406 e. The molecule has 1 atom stereocenters. The van der Waals surface area contributed by atoms with Crippen LogP contribution in [0.4, 0.5) is 18.9 Å². The van der Waals surface area contributed by atoms with Gasteiger partial charge in [-0.1, -0.05) is 0 Å². The molecule has 0 spiro atoms. The van der Waals surface area contributed by atoms with Crippen molar-refractivity contribution in [1.82, 2.24) is 0 Å². The molecule has 0 bridgehead atoms. The second kappa shape index (κ2) is 5.61. The van der Waals surface area contributed by atoms with E-state index in [-0.39, 0.29) is 17.6 Å². The van der Waals surface area contributed by atoms with Crippen LogP contribution in [0, 0.1) is 5.92 Å². The van der Waals surface area contributed by atoms with Crippen molar-refractivity contribution in [3.8, 4) is 5.75 Å². The van der Waals surface area contributed by atoms with Crippen LogP contribution in [0.5, 0.6) is 5.75 Å². The molecule has 8 heteroatoms. The highest BCUT2D eigenvalue weighted by Gasteiger charge is 2.33. The van der Waals surface area contributed by atoms with Crippen LogP contribution in [0.25, 0.3) is 0 Å². The van der Waals surface area contributed by atoms with Crippen LogP contribution in [0.15, 0.2) is 22.7 Å². The number of hydrogen-bond acceptors (Lipinski definition) is 3. The van der Waals surface area contributed by atoms with E-state index in [0.29, 0.717) is 29.7 Å². The van der Waals surface area contributed by atoms with Gasteiger partial charge >= 0.3 is 6.36 Å². The third-order valence-electron chi connectivity index (χ3n) is 2.98. The average Bonchev–Trinajstić information content (AvgIpc) is 2.71. The van der Waals surface area contributed by atoms with Crippen molar-refractivity contribution in [2.45, 2.75) is 12.8 Å². The number of nitrogens with two attached hydrogens (primary N) is 1. The number of hydrogen-bond donors (Lipinski definition) is 1. The first-order chi connectivity index (χ1) is 9.30. The maximum absolute atomic E-state index is 12.2. The molecular formula is C12H12BrF3N2O2. The lowest BCUT2D eigenvalue weighted by atomic mass is 10.1. The third-order valence-corrected chi connectivity index (χ3v) is 3.65. The molecule has 0 radical (unpaired) electrons. The molecule has 1 heterocycles. The Morgan fingerprint density at radius 3 is 2.70 bits per heavy atom. The molecule has 1 saturated heterocycles. The van der Waals surface area contributed by atoms with E-state index in [9.17, 15) is 18.0 Å². The molecule has 2 N–H and O–H groups in total. The molecule has 110 valence electrons. The second-order valence-corrected chi connectivity index (χ2v) is 5.33. The molecule has 0 aromatic heterocycles. The SMILES string of the molecule is NCC1CC(=O)N(c2cc(OC(F)(F)F)ccc2Br)C1. The molecule has 1 unspecified atom stereocenters. The first-order valence-corrected chi connectivity index (χ1v) is 6.65. The topological polar surface area (TPSA) is 55.6 Å². The number of carbonyl (C=O) groups is 1. The van der Waals surface area contributed by atoms with Crippen molar-refractivity contribution in [3.63, 3.8) is 0 Å². The molecule has 1 amide bonds. The summed E-state index contributed by atoms with van der Waals surface area (Å²) in [4.78, 5) is 13.3. The highest BCUT2D eigenvalue weighted by atomic mass is 79.9. The summed E-state index contributed by atoms with van der Waals surface area (Å²) < 4.78 is 41.0. The minimum atomic E-state index is -4.76. The molecule has 0 saturated carbocycles. The predicted octanol–water partition coefficient (Wildman–Crippen LogP) is 2.66. The number of ether oxygens (including phenoxy) is 1. The van der Waals surface area contributed by atoms with Gasteiger partial charge in [-0.2, -0.15) is 0 Å². The Bertz CT molecular complexity index is 522. The summed E-state index contributed by atoms with van der Waals surface area (Å²) in [6.07, 6.45) is -4.47. The van der Waals surface area contributed by atoms with E-state index in [2.05, 4.69) is 20.7 Å². The van der Waals surface area contributed by atoms with Gasteiger partial charge < -0.3 is 15.4 Å². The summed E-state index contributed by atoms with van der Waals surface area (Å²) in [7, 11) is 0. The van der Waals surface area contributed by atoms with E-state index in [1.165, 1.54) is 23.1 Å². The van der Waals surface area contributed by atoms with E-state index in [4.69, 9.17) is 5.73 Å². The number of alkyl halides is 3. The van der Waals surface area contributed by atoms with E-state index in [1.807, 2.05) is 0 Å². The van der Waals surface area contributed by atoms with Crippen molar-refractivity contribution in [2.75, 3.05) is 18.0 Å². The van der Waals surface area contributed by atoms with Crippen molar-refractivity contribution >= 4 is 27.5 Å². The summed E-state index contributed by atoms with van der Waals surface area (Å²) in [5, 5.41) is 0. The van der Waals surface area contributed by atoms with Gasteiger partial charge in [0.1, 0.15) is 5.75 Å². The maximum Gasteiger partial charge on any atom is 0.573 e. The molecule has 1 aromatic carbocycles. The maximum atomic E-state index is 12.2. The minimum absolute atomic E-state index is 0.0154. The van der Waals surface area contributed by atoms with Crippen molar-refractivity contribution in [2.24, 2.45) is 11.7 Å². The predicted molar refractivity (Wildman–Crippen MR) is 70.3 cm³/mol. The van der Waals surface area contributed by atoms with E-state index in [1.54, 1.807) is 0 Å². The number of nitrogens with zero attached hydrogens (tertiary/aromatic N) is 1. The number of anilines is 1. The lowest BCUT2D eigenvalue weighted by molar-refractivity contribution is -0.274. The Balaban J connectivity index is 2.27. The van der Waals surface area contributed by atoms with E-state index < -0.39 is 6.36 Å². The van der Waals surface area contributed by atoms with Gasteiger partial charge in [0.05, 0.1) is 5.69 Å². The fraction of sp³-hybridized carbons (Fsp3) is 0.417.